The summed E-state index contributed by atoms with van der Waals surface area (Å²) in [6, 6.07) is 30.0. The van der Waals surface area contributed by atoms with Crippen molar-refractivity contribution in [3.63, 3.8) is 0 Å². The molecular weight excluding hydrogens is 825 g/mol. The number of carbonyl (C=O) groups excluding carboxylic acids is 3. The Balaban J connectivity index is 0.000000429. The van der Waals surface area contributed by atoms with Crippen molar-refractivity contribution in [1.29, 1.82) is 0 Å². The van der Waals surface area contributed by atoms with Crippen LogP contribution in [0.4, 0.5) is 16.3 Å². The molecule has 5 N–H and O–H groups in total. The van der Waals surface area contributed by atoms with E-state index < -0.39 is 18.2 Å². The van der Waals surface area contributed by atoms with Gasteiger partial charge in [0.1, 0.15) is 31.3 Å². The van der Waals surface area contributed by atoms with E-state index >= 15 is 0 Å². The number of fused-ring (bicyclic) bond motifs is 2. The van der Waals surface area contributed by atoms with Crippen molar-refractivity contribution in [2.75, 3.05) is 64.7 Å². The Morgan fingerprint density at radius 2 is 1.48 bits per heavy atom. The van der Waals surface area contributed by atoms with Gasteiger partial charge in [0.15, 0.2) is 11.6 Å². The molecule has 3 aliphatic heterocycles. The molecule has 9 rings (SSSR count). The molecule has 6 heterocycles. The fourth-order valence-electron chi connectivity index (χ4n) is 8.16. The summed E-state index contributed by atoms with van der Waals surface area (Å²) in [6.07, 6.45) is 6.86. The number of nitrogens with one attached hydrogen (secondary N) is 5. The van der Waals surface area contributed by atoms with Gasteiger partial charge in [-0.1, -0.05) is 98.8 Å². The Bertz CT molecular complexity index is 2500. The Labute approximate surface area is 385 Å². The molecule has 0 bridgehead atoms. The molecule has 6 aromatic rings. The number of aromatic amines is 1. The van der Waals surface area contributed by atoms with E-state index in [2.05, 4.69) is 72.4 Å². The van der Waals surface area contributed by atoms with Crippen LogP contribution in [-0.4, -0.2) is 102 Å². The molecule has 3 amide bonds. The van der Waals surface area contributed by atoms with Crippen LogP contribution < -0.4 is 21.3 Å². The largest absolute Gasteiger partial charge is 0.453 e. The lowest BCUT2D eigenvalue weighted by molar-refractivity contribution is -0.136. The first-order chi connectivity index (χ1) is 31.9. The predicted molar refractivity (Wildman–Crippen MR) is 259 cm³/mol. The maximum absolute atomic E-state index is 13.9. The van der Waals surface area contributed by atoms with Crippen LogP contribution in [0.15, 0.2) is 109 Å². The van der Waals surface area contributed by atoms with Crippen molar-refractivity contribution in [2.24, 2.45) is 0 Å². The summed E-state index contributed by atoms with van der Waals surface area (Å²) in [4.78, 5) is 59.1. The summed E-state index contributed by atoms with van der Waals surface area (Å²) in [5.41, 5.74) is 7.57. The second-order valence-electron chi connectivity index (χ2n) is 15.4. The van der Waals surface area contributed by atoms with Crippen molar-refractivity contribution in [1.82, 2.24) is 40.4 Å². The highest BCUT2D eigenvalue weighted by Gasteiger charge is 2.36. The standard InChI is InChI=1S/C33H34N8O3.C14H18N2O3.C2H6.4H2/c1-43-20-44-19-38-29(23-6-3-2-4-7-23)33(42)41-13-5-8-28(41)32-35-17-25-15-26(39-30(25)40-32)22-11-9-21(10-12-22)24-14-27-31(34-16-24)37-18-36-27;1-19-14(18)15-12(11-7-3-2-4-8-11)13(17)16-9-5-6-10-16;1-2;;;;/h2-4,6-7,9-12,14-17,28-29,36,38H,5,8,13,18-20H2,1H3,(H,34,37)(H,35,39,40);2-4,7-8,12H,5-6,9-10H2,1H3,(H,15,18);1-2H3;4*1H/t28?,29-;12-;;;;;/m11...../s1. The van der Waals surface area contributed by atoms with Gasteiger partial charge < -0.3 is 44.9 Å². The molecule has 1 unspecified atom stereocenters. The Kier molecular flexibility index (Phi) is 16.1. The van der Waals surface area contributed by atoms with Gasteiger partial charge in [0, 0.05) is 61.5 Å². The summed E-state index contributed by atoms with van der Waals surface area (Å²) in [5, 5.41) is 13.3. The second kappa shape index (κ2) is 22.7. The average Bonchev–Trinajstić information content (AvgIpc) is 4.22. The minimum atomic E-state index is -0.674. The van der Waals surface area contributed by atoms with Crippen molar-refractivity contribution < 1.29 is 34.3 Å². The molecule has 0 aliphatic carbocycles. The number of hydrogen-bond acceptors (Lipinski definition) is 12. The smallest absolute Gasteiger partial charge is 0.407 e. The van der Waals surface area contributed by atoms with Gasteiger partial charge in [-0.2, -0.15) is 0 Å². The van der Waals surface area contributed by atoms with Crippen LogP contribution in [0, 0.1) is 0 Å². The average molecular weight is 891 g/mol. The number of likely N-dealkylation sites (tertiary alicyclic amines) is 2. The molecule has 3 atom stereocenters. The van der Waals surface area contributed by atoms with Crippen molar-refractivity contribution >= 4 is 40.4 Å². The molecule has 2 fully saturated rings. The van der Waals surface area contributed by atoms with E-state index in [9.17, 15) is 14.4 Å². The first-order valence-corrected chi connectivity index (χ1v) is 22.2. The highest BCUT2D eigenvalue weighted by molar-refractivity contribution is 5.87. The first kappa shape index (κ1) is 46.1. The van der Waals surface area contributed by atoms with Gasteiger partial charge >= 0.3 is 6.09 Å². The lowest BCUT2D eigenvalue weighted by Gasteiger charge is -2.29. The molecule has 3 aliphatic rings. The number of alkyl carbamates (subject to hydrolysis) is 1. The summed E-state index contributed by atoms with van der Waals surface area (Å²) < 4.78 is 15.0. The van der Waals surface area contributed by atoms with E-state index in [4.69, 9.17) is 19.4 Å². The zero-order valence-electron chi connectivity index (χ0n) is 37.4. The highest BCUT2D eigenvalue weighted by atomic mass is 16.7. The minimum Gasteiger partial charge on any atom is -0.453 e. The maximum Gasteiger partial charge on any atom is 0.407 e. The summed E-state index contributed by atoms with van der Waals surface area (Å²) >= 11 is 0. The molecule has 348 valence electrons. The van der Waals surface area contributed by atoms with E-state index in [1.54, 1.807) is 12.0 Å². The topological polar surface area (TPSA) is 188 Å². The summed E-state index contributed by atoms with van der Waals surface area (Å²) in [6.45, 7) is 7.18. The number of benzene rings is 3. The van der Waals surface area contributed by atoms with Crippen LogP contribution in [0.25, 0.3) is 33.4 Å². The lowest BCUT2D eigenvalue weighted by Crippen LogP contribution is -2.41. The number of nitrogens with zero attached hydrogens (tertiary/aromatic N) is 5. The van der Waals surface area contributed by atoms with Crippen LogP contribution in [0.5, 0.6) is 0 Å². The number of pyridine rings is 1. The fourth-order valence-corrected chi connectivity index (χ4v) is 8.16. The Morgan fingerprint density at radius 3 is 2.17 bits per heavy atom. The van der Waals surface area contributed by atoms with Gasteiger partial charge in [-0.15, -0.1) is 0 Å². The number of ether oxygens (including phenoxy) is 3. The van der Waals surface area contributed by atoms with Crippen LogP contribution >= 0.6 is 0 Å². The third-order valence-electron chi connectivity index (χ3n) is 11.4. The molecule has 2 saturated heterocycles. The molecule has 3 aromatic heterocycles. The van der Waals surface area contributed by atoms with E-state index in [-0.39, 0.29) is 37.1 Å². The van der Waals surface area contributed by atoms with Crippen molar-refractivity contribution in [3.05, 3.63) is 126 Å². The molecule has 16 nitrogen and oxygen atoms in total. The van der Waals surface area contributed by atoms with Gasteiger partial charge in [0.25, 0.3) is 0 Å². The molecule has 0 saturated carbocycles. The lowest BCUT2D eigenvalue weighted by atomic mass is 10.0. The normalized spacial score (nSPS) is 15.9. The second-order valence-corrected chi connectivity index (χ2v) is 15.4. The quantitative estimate of drug-likeness (QED) is 0.0549. The molecule has 65 heavy (non-hydrogen) atoms. The van der Waals surface area contributed by atoms with Crippen LogP contribution in [-0.2, 0) is 23.8 Å². The van der Waals surface area contributed by atoms with Gasteiger partial charge in [-0.25, -0.2) is 19.7 Å². The highest BCUT2D eigenvalue weighted by Crippen LogP contribution is 2.35. The molecule has 0 spiro atoms. The third-order valence-corrected chi connectivity index (χ3v) is 11.4. The van der Waals surface area contributed by atoms with Crippen LogP contribution in [0.3, 0.4) is 0 Å². The van der Waals surface area contributed by atoms with Gasteiger partial charge in [-0.3, -0.25) is 14.9 Å². The molecule has 3 aromatic carbocycles. The van der Waals surface area contributed by atoms with Gasteiger partial charge in [0.2, 0.25) is 11.8 Å². The third kappa shape index (κ3) is 11.3. The van der Waals surface area contributed by atoms with Crippen molar-refractivity contribution in [2.45, 2.75) is 57.7 Å². The zero-order chi connectivity index (χ0) is 45.5. The van der Waals surface area contributed by atoms with Crippen LogP contribution in [0.1, 0.15) is 80.3 Å². The van der Waals surface area contributed by atoms with Gasteiger partial charge in [0.05, 0.1) is 25.5 Å². The fraction of sp³-hybridized carbons (Fsp3) is 0.347. The zero-order valence-corrected chi connectivity index (χ0v) is 37.4. The maximum atomic E-state index is 13.9. The first-order valence-electron chi connectivity index (χ1n) is 22.2. The number of hydrogen-bond donors (Lipinski definition) is 5. The van der Waals surface area contributed by atoms with Gasteiger partial charge in [-0.05, 0) is 60.1 Å². The molecule has 0 radical (unpaired) electrons. The summed E-state index contributed by atoms with van der Waals surface area (Å²) in [5.74, 6) is 1.42. The summed E-state index contributed by atoms with van der Waals surface area (Å²) in [7, 11) is 2.86. The molecule has 16 heteroatoms. The van der Waals surface area contributed by atoms with E-state index in [0.29, 0.717) is 19.0 Å². The number of H-pyrrole nitrogens is 1. The molecular formula is C49H66N10O6. The Hall–Kier alpha value is -6.88. The predicted octanol–water partition coefficient (Wildman–Crippen LogP) is 8.77. The number of amides is 3. The number of anilines is 2. The minimum absolute atomic E-state index is 0. The monoisotopic (exact) mass is 891 g/mol. The number of rotatable bonds is 13. The van der Waals surface area contributed by atoms with E-state index in [1.165, 1.54) is 7.11 Å². The number of carbonyl (C=O) groups is 3. The SMILES string of the molecule is CC.COC(=O)N[C@@H](C(=O)N1CCCC1)c1ccccc1.COCOCN[C@@H](C(=O)N1CCCC1c1ncc2cc(-c3ccc(-c4cnc5c(c4)NCN5)cc3)[nH]c2n1)c1ccccc1.[HH].[HH].[HH].[HH]. The Morgan fingerprint density at radius 1 is 0.785 bits per heavy atom. The van der Waals surface area contributed by atoms with E-state index in [1.807, 2.05) is 91.8 Å². The number of aromatic nitrogens is 4. The van der Waals surface area contributed by atoms with Crippen LogP contribution in [0.2, 0.25) is 0 Å². The van der Waals surface area contributed by atoms with Crippen molar-refractivity contribution in [3.8, 4) is 22.4 Å². The van der Waals surface area contributed by atoms with E-state index in [0.717, 1.165) is 94.8 Å². The number of methoxy groups -OCH3 is 2.